The first kappa shape index (κ1) is 7.21. The zero-order valence-electron chi connectivity index (χ0n) is 6.09. The van der Waals surface area contributed by atoms with Gasteiger partial charge in [0.15, 0.2) is 5.82 Å². The van der Waals surface area contributed by atoms with Gasteiger partial charge in [-0.1, -0.05) is 6.92 Å². The smallest absolute Gasteiger partial charge is 0.150 e. The number of nitrogens with two attached hydrogens (primary N) is 1. The number of hydrogen-bond acceptors (Lipinski definition) is 3. The molecule has 1 aromatic heterocycles. The average molecular weight is 140 g/mol. The molecule has 10 heavy (non-hydrogen) atoms. The molecule has 0 fully saturated rings. The van der Waals surface area contributed by atoms with Crippen molar-refractivity contribution in [3.05, 3.63) is 11.6 Å². The third-order valence-electron chi connectivity index (χ3n) is 1.24. The molecular weight excluding hydrogens is 128 g/mol. The zero-order chi connectivity index (χ0) is 7.40. The van der Waals surface area contributed by atoms with Gasteiger partial charge in [-0.25, -0.2) is 4.98 Å². The van der Waals surface area contributed by atoms with E-state index in [1.54, 1.807) is 0 Å². The number of aromatic amines is 1. The van der Waals surface area contributed by atoms with Gasteiger partial charge in [0.25, 0.3) is 0 Å². The Morgan fingerprint density at radius 2 is 2.40 bits per heavy atom. The van der Waals surface area contributed by atoms with Gasteiger partial charge in [0.05, 0.1) is 6.54 Å². The van der Waals surface area contributed by atoms with Crippen LogP contribution < -0.4 is 5.73 Å². The maximum Gasteiger partial charge on any atom is 0.150 e. The summed E-state index contributed by atoms with van der Waals surface area (Å²) in [7, 11) is 0. The second-order valence-electron chi connectivity index (χ2n) is 2.15. The van der Waals surface area contributed by atoms with Gasteiger partial charge in [-0.05, 0) is 6.42 Å². The van der Waals surface area contributed by atoms with Crippen molar-refractivity contribution in [2.45, 2.75) is 26.3 Å². The van der Waals surface area contributed by atoms with Crippen LogP contribution in [0.25, 0.3) is 0 Å². The maximum absolute atomic E-state index is 5.33. The minimum Gasteiger partial charge on any atom is -0.324 e. The van der Waals surface area contributed by atoms with Crippen LogP contribution in [-0.4, -0.2) is 15.2 Å². The fourth-order valence-corrected chi connectivity index (χ4v) is 0.762. The Morgan fingerprint density at radius 1 is 1.60 bits per heavy atom. The van der Waals surface area contributed by atoms with Gasteiger partial charge >= 0.3 is 0 Å². The summed E-state index contributed by atoms with van der Waals surface area (Å²) in [4.78, 5) is 4.13. The van der Waals surface area contributed by atoms with E-state index in [1.807, 2.05) is 0 Å². The molecule has 0 aliphatic rings. The fourth-order valence-electron chi connectivity index (χ4n) is 0.762. The van der Waals surface area contributed by atoms with Crippen molar-refractivity contribution in [3.63, 3.8) is 0 Å². The zero-order valence-corrected chi connectivity index (χ0v) is 6.09. The summed E-state index contributed by atoms with van der Waals surface area (Å²) in [5.41, 5.74) is 5.33. The van der Waals surface area contributed by atoms with Crippen LogP contribution in [0.3, 0.4) is 0 Å². The molecule has 0 unspecified atom stereocenters. The van der Waals surface area contributed by atoms with Gasteiger partial charge in [0, 0.05) is 6.42 Å². The summed E-state index contributed by atoms with van der Waals surface area (Å²) in [5, 5.41) is 6.71. The van der Waals surface area contributed by atoms with Crippen molar-refractivity contribution in [2.24, 2.45) is 5.73 Å². The molecule has 0 spiro atoms. The molecular formula is C6H12N4. The number of nitrogens with one attached hydrogen (secondary N) is 1. The Hall–Kier alpha value is -0.900. The number of aryl methyl sites for hydroxylation is 1. The summed E-state index contributed by atoms with van der Waals surface area (Å²) in [6.45, 7) is 2.54. The van der Waals surface area contributed by atoms with E-state index in [-0.39, 0.29) is 0 Å². The Labute approximate surface area is 59.8 Å². The molecule has 0 amide bonds. The molecule has 4 heteroatoms. The predicted octanol–water partition coefficient (Wildman–Crippen LogP) is 0.216. The second kappa shape index (κ2) is 3.31. The topological polar surface area (TPSA) is 67.6 Å². The van der Waals surface area contributed by atoms with Crippen molar-refractivity contribution < 1.29 is 0 Å². The van der Waals surface area contributed by atoms with Crippen LogP contribution in [0.15, 0.2) is 0 Å². The Balaban J connectivity index is 2.59. The largest absolute Gasteiger partial charge is 0.324 e. The SMILES string of the molecule is CCCc1n[nH]c(CN)n1. The quantitative estimate of drug-likeness (QED) is 0.631. The summed E-state index contributed by atoms with van der Waals surface area (Å²) in [6.07, 6.45) is 2.00. The number of aromatic nitrogens is 3. The van der Waals surface area contributed by atoms with Gasteiger partial charge in [0.1, 0.15) is 5.82 Å². The van der Waals surface area contributed by atoms with Gasteiger partial charge in [-0.15, -0.1) is 0 Å². The molecule has 0 saturated carbocycles. The maximum atomic E-state index is 5.33. The van der Waals surface area contributed by atoms with Crippen LogP contribution in [0.5, 0.6) is 0 Å². The average Bonchev–Trinajstić information content (AvgIpc) is 2.37. The van der Waals surface area contributed by atoms with Crippen LogP contribution in [0, 0.1) is 0 Å². The van der Waals surface area contributed by atoms with E-state index < -0.39 is 0 Å². The first-order valence-corrected chi connectivity index (χ1v) is 3.47. The molecule has 56 valence electrons. The van der Waals surface area contributed by atoms with E-state index in [1.165, 1.54) is 0 Å². The van der Waals surface area contributed by atoms with Crippen molar-refractivity contribution in [2.75, 3.05) is 0 Å². The van der Waals surface area contributed by atoms with Gasteiger partial charge < -0.3 is 5.73 Å². The molecule has 0 bridgehead atoms. The third-order valence-corrected chi connectivity index (χ3v) is 1.24. The van der Waals surface area contributed by atoms with Gasteiger partial charge in [-0.2, -0.15) is 5.10 Å². The van der Waals surface area contributed by atoms with Gasteiger partial charge in [0.2, 0.25) is 0 Å². The minimum absolute atomic E-state index is 0.441. The van der Waals surface area contributed by atoms with E-state index in [2.05, 4.69) is 22.1 Å². The molecule has 4 nitrogen and oxygen atoms in total. The summed E-state index contributed by atoms with van der Waals surface area (Å²) in [6, 6.07) is 0. The third kappa shape index (κ3) is 1.54. The molecule has 0 radical (unpaired) electrons. The first-order valence-electron chi connectivity index (χ1n) is 3.47. The molecule has 1 aromatic rings. The predicted molar refractivity (Wildman–Crippen MR) is 38.3 cm³/mol. The summed E-state index contributed by atoms with van der Waals surface area (Å²) in [5.74, 6) is 1.63. The summed E-state index contributed by atoms with van der Waals surface area (Å²) < 4.78 is 0. The fraction of sp³-hybridized carbons (Fsp3) is 0.667. The lowest BCUT2D eigenvalue weighted by Crippen LogP contribution is -1.98. The van der Waals surface area contributed by atoms with Crippen LogP contribution >= 0.6 is 0 Å². The Kier molecular flexibility index (Phi) is 2.39. The van der Waals surface area contributed by atoms with Crippen LogP contribution in [-0.2, 0) is 13.0 Å². The standard InChI is InChI=1S/C6H12N4/c1-2-3-5-8-6(4-7)10-9-5/h2-4,7H2,1H3,(H,8,9,10). The summed E-state index contributed by atoms with van der Waals surface area (Å²) >= 11 is 0. The number of H-pyrrole nitrogens is 1. The van der Waals surface area contributed by atoms with E-state index in [0.29, 0.717) is 6.54 Å². The lowest BCUT2D eigenvalue weighted by atomic mass is 10.3. The lowest BCUT2D eigenvalue weighted by Gasteiger charge is -1.84. The molecule has 1 heterocycles. The highest BCUT2D eigenvalue weighted by Crippen LogP contribution is 1.94. The molecule has 3 N–H and O–H groups in total. The number of hydrogen-bond donors (Lipinski definition) is 2. The second-order valence-corrected chi connectivity index (χ2v) is 2.15. The van der Waals surface area contributed by atoms with E-state index in [0.717, 1.165) is 24.5 Å². The highest BCUT2D eigenvalue weighted by atomic mass is 15.2. The van der Waals surface area contributed by atoms with Crippen molar-refractivity contribution >= 4 is 0 Å². The Bertz CT molecular complexity index is 193. The molecule has 0 aromatic carbocycles. The first-order chi connectivity index (χ1) is 4.86. The highest BCUT2D eigenvalue weighted by molar-refractivity contribution is 4.88. The number of nitrogens with zero attached hydrogens (tertiary/aromatic N) is 2. The highest BCUT2D eigenvalue weighted by Gasteiger charge is 1.97. The van der Waals surface area contributed by atoms with E-state index in [4.69, 9.17) is 5.73 Å². The van der Waals surface area contributed by atoms with Crippen LogP contribution in [0.2, 0.25) is 0 Å². The van der Waals surface area contributed by atoms with Crippen molar-refractivity contribution in [1.82, 2.24) is 15.2 Å². The van der Waals surface area contributed by atoms with Crippen LogP contribution in [0.1, 0.15) is 25.0 Å². The molecule has 1 rings (SSSR count). The van der Waals surface area contributed by atoms with E-state index in [9.17, 15) is 0 Å². The van der Waals surface area contributed by atoms with E-state index >= 15 is 0 Å². The molecule has 0 saturated heterocycles. The molecule has 0 aliphatic heterocycles. The lowest BCUT2D eigenvalue weighted by molar-refractivity contribution is 0.840. The number of rotatable bonds is 3. The van der Waals surface area contributed by atoms with Crippen molar-refractivity contribution in [3.8, 4) is 0 Å². The monoisotopic (exact) mass is 140 g/mol. The van der Waals surface area contributed by atoms with Gasteiger partial charge in [-0.3, -0.25) is 5.10 Å². The van der Waals surface area contributed by atoms with Crippen molar-refractivity contribution in [1.29, 1.82) is 0 Å². The molecule has 0 atom stereocenters. The molecule has 0 aliphatic carbocycles. The van der Waals surface area contributed by atoms with Crippen LogP contribution in [0.4, 0.5) is 0 Å². The normalized spacial score (nSPS) is 10.2. The Morgan fingerprint density at radius 3 is 2.90 bits per heavy atom. The minimum atomic E-state index is 0.441.